The van der Waals surface area contributed by atoms with Crippen LogP contribution < -0.4 is 10.6 Å². The van der Waals surface area contributed by atoms with E-state index in [0.717, 1.165) is 24.3 Å². The van der Waals surface area contributed by atoms with Crippen LogP contribution in [0.3, 0.4) is 0 Å². The summed E-state index contributed by atoms with van der Waals surface area (Å²) < 4.78 is 104. The zero-order chi connectivity index (χ0) is 27.4. The highest BCUT2D eigenvalue weighted by atomic mass is 19.4. The predicted octanol–water partition coefficient (Wildman–Crippen LogP) is 6.29. The van der Waals surface area contributed by atoms with E-state index in [1.165, 1.54) is 18.2 Å². The number of rotatable bonds is 7. The van der Waals surface area contributed by atoms with Crippen molar-refractivity contribution in [3.8, 4) is 0 Å². The highest BCUT2D eigenvalue weighted by molar-refractivity contribution is 6.09. The molecule has 3 aromatic carbocycles. The highest BCUT2D eigenvalue weighted by Crippen LogP contribution is 2.36. The molecule has 0 fully saturated rings. The summed E-state index contributed by atoms with van der Waals surface area (Å²) in [5.41, 5.74) is -1.71. The molecule has 12 heteroatoms. The van der Waals surface area contributed by atoms with Gasteiger partial charge >= 0.3 is 12.4 Å². The number of halogens is 8. The number of hydrogen-bond donors (Lipinski definition) is 2. The van der Waals surface area contributed by atoms with Crippen molar-refractivity contribution in [2.75, 3.05) is 6.54 Å². The number of amides is 2. The number of carbonyl (C=O) groups is 2. The van der Waals surface area contributed by atoms with Gasteiger partial charge in [-0.2, -0.15) is 26.3 Å². The van der Waals surface area contributed by atoms with Crippen LogP contribution in [0.15, 0.2) is 66.7 Å². The lowest BCUT2D eigenvalue weighted by Crippen LogP contribution is -2.37. The van der Waals surface area contributed by atoms with Crippen LogP contribution in [0.1, 0.15) is 33.1 Å². The van der Waals surface area contributed by atoms with Crippen LogP contribution in [-0.2, 0) is 11.0 Å². The molecule has 4 nitrogen and oxygen atoms in total. The summed E-state index contributed by atoms with van der Waals surface area (Å²) in [6, 6.07) is 8.78. The smallest absolute Gasteiger partial charge is 0.346 e. The van der Waals surface area contributed by atoms with Crippen LogP contribution >= 0.6 is 0 Å². The first-order valence-corrected chi connectivity index (χ1v) is 10.6. The first-order valence-electron chi connectivity index (χ1n) is 10.6. The van der Waals surface area contributed by atoms with Gasteiger partial charge in [0.15, 0.2) is 6.04 Å². The summed E-state index contributed by atoms with van der Waals surface area (Å²) in [6.45, 7) is -0.860. The molecule has 0 aromatic heterocycles. The Morgan fingerprint density at radius 3 is 2.16 bits per heavy atom. The second-order valence-electron chi connectivity index (χ2n) is 7.79. The van der Waals surface area contributed by atoms with Gasteiger partial charge in [-0.3, -0.25) is 9.59 Å². The average molecular weight is 530 g/mol. The summed E-state index contributed by atoms with van der Waals surface area (Å²) >= 11 is 0. The minimum Gasteiger partial charge on any atom is -0.346 e. The molecule has 0 bridgehead atoms. The third-order valence-corrected chi connectivity index (χ3v) is 5.19. The number of benzene rings is 3. The van der Waals surface area contributed by atoms with Gasteiger partial charge in [-0.1, -0.05) is 42.5 Å². The molecule has 0 aliphatic heterocycles. The van der Waals surface area contributed by atoms with Crippen molar-refractivity contribution in [1.82, 2.24) is 10.6 Å². The van der Waals surface area contributed by atoms with Gasteiger partial charge in [0.1, 0.15) is 0 Å². The van der Waals surface area contributed by atoms with Gasteiger partial charge in [0.2, 0.25) is 5.91 Å². The molecule has 0 spiro atoms. The summed E-state index contributed by atoms with van der Waals surface area (Å²) in [7, 11) is 0. The third-order valence-electron chi connectivity index (χ3n) is 5.19. The number of hydrogen-bond acceptors (Lipinski definition) is 2. The maximum Gasteiger partial charge on any atom is 0.416 e. The Kier molecular flexibility index (Phi) is 8.19. The van der Waals surface area contributed by atoms with Crippen LogP contribution in [0, 0.1) is 0 Å². The van der Waals surface area contributed by atoms with Crippen molar-refractivity contribution in [3.63, 3.8) is 0 Å². The third kappa shape index (κ3) is 7.05. The Morgan fingerprint density at radius 1 is 0.865 bits per heavy atom. The van der Waals surface area contributed by atoms with Gasteiger partial charge in [0, 0.05) is 11.6 Å². The molecule has 0 saturated heterocycles. The molecular formula is C25H18F8N2O2. The molecule has 0 radical (unpaired) electrons. The number of nitrogens with one attached hydrogen (secondary N) is 2. The Hall–Kier alpha value is -3.96. The molecule has 0 saturated carbocycles. The Balaban J connectivity index is 1.87. The second kappa shape index (κ2) is 11.0. The molecule has 2 amide bonds. The fourth-order valence-electron chi connectivity index (χ4n) is 3.54. The molecule has 3 rings (SSSR count). The average Bonchev–Trinajstić information content (AvgIpc) is 2.83. The number of carbonyl (C=O) groups excluding carboxylic acids is 2. The lowest BCUT2D eigenvalue weighted by Gasteiger charge is -2.22. The first-order chi connectivity index (χ1) is 17.3. The molecule has 0 heterocycles. The van der Waals surface area contributed by atoms with Crippen LogP contribution in [-0.4, -0.2) is 31.0 Å². The lowest BCUT2D eigenvalue weighted by molar-refractivity contribution is -0.162. The molecule has 3 aromatic rings. The van der Waals surface area contributed by atoms with Gasteiger partial charge in [-0.15, -0.1) is 0 Å². The van der Waals surface area contributed by atoms with E-state index < -0.39 is 54.3 Å². The van der Waals surface area contributed by atoms with Gasteiger partial charge in [0.05, 0.1) is 12.1 Å². The van der Waals surface area contributed by atoms with Crippen molar-refractivity contribution >= 4 is 28.7 Å². The van der Waals surface area contributed by atoms with E-state index in [2.05, 4.69) is 5.32 Å². The van der Waals surface area contributed by atoms with Crippen molar-refractivity contribution in [2.45, 2.75) is 24.8 Å². The predicted molar refractivity (Wildman–Crippen MR) is 120 cm³/mol. The molecule has 2 N–H and O–H groups in total. The van der Waals surface area contributed by atoms with E-state index in [9.17, 15) is 44.7 Å². The van der Waals surface area contributed by atoms with Gasteiger partial charge in [-0.05, 0) is 46.2 Å². The largest absolute Gasteiger partial charge is 0.416 e. The molecule has 1 unspecified atom stereocenters. The van der Waals surface area contributed by atoms with Crippen LogP contribution in [0.4, 0.5) is 35.1 Å². The maximum absolute atomic E-state index is 13.6. The SMILES string of the molecule is O=C(/C=C/c1ccc(C(=O)NCC(F)F)c2ccccc12)NC(c1cccc(C(F)(F)F)c1)C(F)(F)F. The summed E-state index contributed by atoms with van der Waals surface area (Å²) in [6.07, 6.45) is -10.8. The molecule has 0 aliphatic rings. The normalized spacial score (nSPS) is 13.2. The minimum absolute atomic E-state index is 0.0690. The quantitative estimate of drug-likeness (QED) is 0.279. The second-order valence-corrected chi connectivity index (χ2v) is 7.79. The Morgan fingerprint density at radius 2 is 1.54 bits per heavy atom. The van der Waals surface area contributed by atoms with Crippen molar-refractivity contribution in [3.05, 3.63) is 89.0 Å². The highest BCUT2D eigenvalue weighted by Gasteiger charge is 2.42. The van der Waals surface area contributed by atoms with Crippen LogP contribution in [0.2, 0.25) is 0 Å². The van der Waals surface area contributed by atoms with Gasteiger partial charge in [0.25, 0.3) is 12.3 Å². The Labute approximate surface area is 205 Å². The van der Waals surface area contributed by atoms with E-state index in [1.807, 2.05) is 0 Å². The monoisotopic (exact) mass is 530 g/mol. The van der Waals surface area contributed by atoms with Crippen molar-refractivity contribution in [1.29, 1.82) is 0 Å². The lowest BCUT2D eigenvalue weighted by atomic mass is 9.98. The van der Waals surface area contributed by atoms with E-state index in [1.54, 1.807) is 23.5 Å². The summed E-state index contributed by atoms with van der Waals surface area (Å²) in [5.74, 6) is -2.00. The van der Waals surface area contributed by atoms with E-state index in [4.69, 9.17) is 0 Å². The fourth-order valence-corrected chi connectivity index (χ4v) is 3.54. The van der Waals surface area contributed by atoms with Gasteiger partial charge in [-0.25, -0.2) is 8.78 Å². The molecule has 37 heavy (non-hydrogen) atoms. The number of alkyl halides is 8. The van der Waals surface area contributed by atoms with Crippen LogP contribution in [0.5, 0.6) is 0 Å². The molecular weight excluding hydrogens is 512 g/mol. The topological polar surface area (TPSA) is 58.2 Å². The zero-order valence-electron chi connectivity index (χ0n) is 18.6. The first kappa shape index (κ1) is 27.6. The molecule has 0 aliphatic carbocycles. The van der Waals surface area contributed by atoms with E-state index in [0.29, 0.717) is 28.5 Å². The number of fused-ring (bicyclic) bond motifs is 1. The fraction of sp³-hybridized carbons (Fsp3) is 0.200. The van der Waals surface area contributed by atoms with E-state index >= 15 is 0 Å². The van der Waals surface area contributed by atoms with Crippen molar-refractivity contribution in [2.24, 2.45) is 0 Å². The minimum atomic E-state index is -5.09. The van der Waals surface area contributed by atoms with Gasteiger partial charge < -0.3 is 10.6 Å². The van der Waals surface area contributed by atoms with Crippen LogP contribution in [0.25, 0.3) is 16.8 Å². The standard InChI is InChI=1S/C25H18F8N2O2/c26-20(27)13-34-23(37)19-10-8-14(17-6-1-2-7-18(17)19)9-11-21(36)35-22(25(31,32)33)15-4-3-5-16(12-15)24(28,29)30/h1-12,20,22H,13H2,(H,34,37)(H,35,36)/b11-9+. The van der Waals surface area contributed by atoms with Crippen molar-refractivity contribution < 1.29 is 44.7 Å². The molecule has 1 atom stereocenters. The zero-order valence-corrected chi connectivity index (χ0v) is 18.6. The van der Waals surface area contributed by atoms with E-state index in [-0.39, 0.29) is 5.56 Å². The Bertz CT molecular complexity index is 1320. The summed E-state index contributed by atoms with van der Waals surface area (Å²) in [5, 5.41) is 4.50. The maximum atomic E-state index is 13.6. The molecule has 196 valence electrons. The summed E-state index contributed by atoms with van der Waals surface area (Å²) in [4.78, 5) is 24.6.